The fourth-order valence-corrected chi connectivity index (χ4v) is 3.89. The van der Waals surface area contributed by atoms with Gasteiger partial charge in [0.15, 0.2) is 6.61 Å². The van der Waals surface area contributed by atoms with Crippen LogP contribution in [0.15, 0.2) is 77.7 Å². The molecule has 0 aliphatic carbocycles. The van der Waals surface area contributed by atoms with Gasteiger partial charge in [0.1, 0.15) is 5.75 Å². The zero-order chi connectivity index (χ0) is 23.1. The molecule has 0 aliphatic heterocycles. The molecule has 1 amide bonds. The zero-order valence-electron chi connectivity index (χ0n) is 17.5. The molecule has 0 radical (unpaired) electrons. The molecule has 3 aromatic rings. The Kier molecular flexibility index (Phi) is 7.11. The summed E-state index contributed by atoms with van der Waals surface area (Å²) in [4.78, 5) is 23.6. The molecular formula is C23H22N2O6S. The predicted molar refractivity (Wildman–Crippen MR) is 120 cm³/mol. The first kappa shape index (κ1) is 22.8. The van der Waals surface area contributed by atoms with Crippen molar-refractivity contribution in [2.45, 2.75) is 11.8 Å². The largest absolute Gasteiger partial charge is 0.484 e. The van der Waals surface area contributed by atoms with E-state index in [2.05, 4.69) is 14.8 Å². The minimum Gasteiger partial charge on any atom is -0.484 e. The smallest absolute Gasteiger partial charge is 0.337 e. The van der Waals surface area contributed by atoms with Crippen molar-refractivity contribution in [3.63, 3.8) is 0 Å². The first-order valence-electron chi connectivity index (χ1n) is 9.58. The Labute approximate surface area is 186 Å². The van der Waals surface area contributed by atoms with Crippen LogP contribution in [0.3, 0.4) is 0 Å². The van der Waals surface area contributed by atoms with Gasteiger partial charge in [-0.2, -0.15) is 0 Å². The number of sulfonamides is 1. The third-order valence-electron chi connectivity index (χ3n) is 4.48. The van der Waals surface area contributed by atoms with Crippen molar-refractivity contribution in [2.24, 2.45) is 0 Å². The Hall–Kier alpha value is -3.85. The molecule has 0 fully saturated rings. The number of carbonyl (C=O) groups is 2. The monoisotopic (exact) mass is 454 g/mol. The standard InChI is InChI=1S/C23H22N2O6S/c1-16-5-3-4-6-21(16)25-32(28,29)20-13-11-19(12-14-20)31-15-22(26)24-18-9-7-17(8-10-18)23(27)30-2/h3-14,25H,15H2,1-2H3,(H,24,26). The normalized spacial score (nSPS) is 10.8. The summed E-state index contributed by atoms with van der Waals surface area (Å²) in [5, 5.41) is 2.64. The number of rotatable bonds is 8. The van der Waals surface area contributed by atoms with Crippen molar-refractivity contribution in [1.29, 1.82) is 0 Å². The minimum absolute atomic E-state index is 0.0725. The van der Waals surface area contributed by atoms with Gasteiger partial charge in [-0.1, -0.05) is 18.2 Å². The summed E-state index contributed by atoms with van der Waals surface area (Å²) in [5.74, 6) is -0.532. The maximum atomic E-state index is 12.6. The molecule has 0 saturated heterocycles. The van der Waals surface area contributed by atoms with E-state index in [0.29, 0.717) is 22.7 Å². The fraction of sp³-hybridized carbons (Fsp3) is 0.130. The number of aryl methyl sites for hydroxylation is 1. The van der Waals surface area contributed by atoms with Gasteiger partial charge in [0.2, 0.25) is 0 Å². The number of anilines is 2. The summed E-state index contributed by atoms with van der Waals surface area (Å²) in [7, 11) is -2.46. The average molecular weight is 455 g/mol. The highest BCUT2D eigenvalue weighted by Crippen LogP contribution is 2.21. The van der Waals surface area contributed by atoms with Crippen molar-refractivity contribution in [2.75, 3.05) is 23.8 Å². The third-order valence-corrected chi connectivity index (χ3v) is 5.86. The molecule has 0 spiro atoms. The third kappa shape index (κ3) is 5.86. The molecule has 3 aromatic carbocycles. The first-order valence-corrected chi connectivity index (χ1v) is 11.1. The van der Waals surface area contributed by atoms with E-state index in [4.69, 9.17) is 4.74 Å². The highest BCUT2D eigenvalue weighted by Gasteiger charge is 2.15. The quantitative estimate of drug-likeness (QED) is 0.503. The van der Waals surface area contributed by atoms with E-state index >= 15 is 0 Å². The van der Waals surface area contributed by atoms with E-state index < -0.39 is 21.9 Å². The number of benzene rings is 3. The lowest BCUT2D eigenvalue weighted by Gasteiger charge is -2.11. The number of amides is 1. The lowest BCUT2D eigenvalue weighted by atomic mass is 10.2. The molecule has 0 unspecified atom stereocenters. The Balaban J connectivity index is 1.55. The number of hydrogen-bond acceptors (Lipinski definition) is 6. The lowest BCUT2D eigenvalue weighted by Crippen LogP contribution is -2.20. The summed E-state index contributed by atoms with van der Waals surface area (Å²) in [6.45, 7) is 1.54. The summed E-state index contributed by atoms with van der Waals surface area (Å²) in [5.41, 5.74) is 2.18. The number of hydrogen-bond donors (Lipinski definition) is 2. The second kappa shape index (κ2) is 9.97. The van der Waals surface area contributed by atoms with Gasteiger partial charge in [-0.15, -0.1) is 0 Å². The van der Waals surface area contributed by atoms with Crippen LogP contribution in [0.4, 0.5) is 11.4 Å². The van der Waals surface area contributed by atoms with Crippen molar-refractivity contribution in [1.82, 2.24) is 0 Å². The molecule has 0 bridgehead atoms. The molecule has 0 atom stereocenters. The molecule has 8 nitrogen and oxygen atoms in total. The fourth-order valence-electron chi connectivity index (χ4n) is 2.76. The predicted octanol–water partition coefficient (Wildman–Crippen LogP) is 3.60. The summed E-state index contributed by atoms with van der Waals surface area (Å²) in [6, 6.07) is 19.1. The van der Waals surface area contributed by atoms with Gasteiger partial charge in [0.05, 0.1) is 23.3 Å². The van der Waals surface area contributed by atoms with Crippen LogP contribution in [0.2, 0.25) is 0 Å². The SMILES string of the molecule is COC(=O)c1ccc(NC(=O)COc2ccc(S(=O)(=O)Nc3ccccc3C)cc2)cc1. The van der Waals surface area contributed by atoms with E-state index in [0.717, 1.165) is 5.56 Å². The molecule has 0 saturated carbocycles. The summed E-state index contributed by atoms with van der Waals surface area (Å²) >= 11 is 0. The number of esters is 1. The second-order valence-corrected chi connectivity index (χ2v) is 8.48. The van der Waals surface area contributed by atoms with Gasteiger partial charge in [-0.25, -0.2) is 13.2 Å². The zero-order valence-corrected chi connectivity index (χ0v) is 18.3. The molecule has 2 N–H and O–H groups in total. The van der Waals surface area contributed by atoms with Crippen molar-refractivity contribution in [3.05, 3.63) is 83.9 Å². The molecule has 0 aliphatic rings. The van der Waals surface area contributed by atoms with E-state index in [1.807, 2.05) is 19.1 Å². The molecule has 166 valence electrons. The maximum absolute atomic E-state index is 12.6. The van der Waals surface area contributed by atoms with Gasteiger partial charge in [0, 0.05) is 5.69 Å². The van der Waals surface area contributed by atoms with E-state index in [1.165, 1.54) is 43.5 Å². The number of methoxy groups -OCH3 is 1. The van der Waals surface area contributed by atoms with Crippen LogP contribution in [0.25, 0.3) is 0 Å². The van der Waals surface area contributed by atoms with E-state index in [1.54, 1.807) is 24.3 Å². The first-order chi connectivity index (χ1) is 15.3. The van der Waals surface area contributed by atoms with Crippen LogP contribution in [0.5, 0.6) is 5.75 Å². The lowest BCUT2D eigenvalue weighted by molar-refractivity contribution is -0.118. The molecule has 3 rings (SSSR count). The molecule has 9 heteroatoms. The summed E-state index contributed by atoms with van der Waals surface area (Å²) < 4.78 is 37.7. The molecule has 0 heterocycles. The van der Waals surface area contributed by atoms with Crippen LogP contribution >= 0.6 is 0 Å². The van der Waals surface area contributed by atoms with Gasteiger partial charge >= 0.3 is 5.97 Å². The number of ether oxygens (including phenoxy) is 2. The van der Waals surface area contributed by atoms with Crippen LogP contribution in [-0.4, -0.2) is 34.0 Å². The second-order valence-electron chi connectivity index (χ2n) is 6.80. The Morgan fingerprint density at radius 2 is 1.56 bits per heavy atom. The number of nitrogens with one attached hydrogen (secondary N) is 2. The average Bonchev–Trinajstić information content (AvgIpc) is 2.79. The van der Waals surface area contributed by atoms with Crippen molar-refractivity contribution >= 4 is 33.3 Å². The number of carbonyl (C=O) groups excluding carboxylic acids is 2. The van der Waals surface area contributed by atoms with Gasteiger partial charge in [-0.3, -0.25) is 9.52 Å². The Bertz CT molecular complexity index is 1210. The molecule has 32 heavy (non-hydrogen) atoms. The van der Waals surface area contributed by atoms with E-state index in [9.17, 15) is 18.0 Å². The van der Waals surface area contributed by atoms with E-state index in [-0.39, 0.29) is 11.5 Å². The highest BCUT2D eigenvalue weighted by molar-refractivity contribution is 7.92. The molecule has 0 aromatic heterocycles. The van der Waals surface area contributed by atoms with Crippen LogP contribution in [0, 0.1) is 6.92 Å². The van der Waals surface area contributed by atoms with Gasteiger partial charge < -0.3 is 14.8 Å². The van der Waals surface area contributed by atoms with Crippen LogP contribution < -0.4 is 14.8 Å². The molecular weight excluding hydrogens is 432 g/mol. The Morgan fingerprint density at radius 1 is 0.906 bits per heavy atom. The Morgan fingerprint density at radius 3 is 2.19 bits per heavy atom. The summed E-state index contributed by atoms with van der Waals surface area (Å²) in [6.07, 6.45) is 0. The topological polar surface area (TPSA) is 111 Å². The van der Waals surface area contributed by atoms with Crippen molar-refractivity contribution < 1.29 is 27.5 Å². The number of para-hydroxylation sites is 1. The van der Waals surface area contributed by atoms with Crippen LogP contribution in [-0.2, 0) is 19.6 Å². The van der Waals surface area contributed by atoms with Crippen LogP contribution in [0.1, 0.15) is 15.9 Å². The van der Waals surface area contributed by atoms with Gasteiger partial charge in [-0.05, 0) is 67.1 Å². The van der Waals surface area contributed by atoms with Gasteiger partial charge in [0.25, 0.3) is 15.9 Å². The highest BCUT2D eigenvalue weighted by atomic mass is 32.2. The van der Waals surface area contributed by atoms with Crippen molar-refractivity contribution in [3.8, 4) is 5.75 Å². The minimum atomic E-state index is -3.75. The maximum Gasteiger partial charge on any atom is 0.337 e.